The van der Waals surface area contributed by atoms with E-state index in [1.165, 1.54) is 13.0 Å². The zero-order valence-corrected chi connectivity index (χ0v) is 13.4. The van der Waals surface area contributed by atoms with Crippen LogP contribution in [0, 0.1) is 0 Å². The van der Waals surface area contributed by atoms with Gasteiger partial charge < -0.3 is 15.0 Å². The van der Waals surface area contributed by atoms with Crippen molar-refractivity contribution in [3.8, 4) is 0 Å². The number of carbonyl (C=O) groups is 2. The lowest BCUT2D eigenvalue weighted by Gasteiger charge is -2.12. The number of ether oxygens (including phenoxy) is 1. The van der Waals surface area contributed by atoms with E-state index in [4.69, 9.17) is 4.74 Å². The number of benzene rings is 1. The Morgan fingerprint density at radius 3 is 2.92 bits per heavy atom. The van der Waals surface area contributed by atoms with Gasteiger partial charge in [-0.25, -0.2) is 4.98 Å². The first-order valence-corrected chi connectivity index (χ1v) is 7.57. The highest BCUT2D eigenvalue weighted by Crippen LogP contribution is 2.07. The van der Waals surface area contributed by atoms with Gasteiger partial charge in [-0.2, -0.15) is 0 Å². The largest absolute Gasteiger partial charge is 0.453 e. The molecule has 0 fully saturated rings. The van der Waals surface area contributed by atoms with Gasteiger partial charge in [0.05, 0.1) is 17.3 Å². The van der Waals surface area contributed by atoms with E-state index in [2.05, 4.69) is 21.9 Å². The Balaban J connectivity index is 1.93. The molecule has 2 N–H and O–H groups in total. The molecular formula is C17H19N3O4. The maximum absolute atomic E-state index is 11.9. The standard InChI is InChI=1S/C17H19N3O4/c1-3-10-18-16(22)11(2)24-15(21)9-8-14-19-13-7-5-4-6-12(13)17(23)20-14/h3-7,11H,1,8-10H2,2H3,(H,18,22)(H,19,20,23)/t11-/m1/s1. The second kappa shape index (κ2) is 8.05. The number of nitrogens with one attached hydrogen (secondary N) is 2. The summed E-state index contributed by atoms with van der Waals surface area (Å²) < 4.78 is 5.04. The molecule has 0 saturated heterocycles. The average Bonchev–Trinajstić information content (AvgIpc) is 2.57. The molecule has 0 aliphatic heterocycles. The summed E-state index contributed by atoms with van der Waals surface area (Å²) in [6, 6.07) is 6.96. The number of hydrogen-bond acceptors (Lipinski definition) is 5. The van der Waals surface area contributed by atoms with Gasteiger partial charge in [-0.05, 0) is 19.1 Å². The minimum Gasteiger partial charge on any atom is -0.453 e. The Hall–Kier alpha value is -2.96. The highest BCUT2D eigenvalue weighted by molar-refractivity contribution is 5.83. The number of aryl methyl sites for hydroxylation is 1. The van der Waals surface area contributed by atoms with Crippen LogP contribution in [0.25, 0.3) is 10.9 Å². The maximum atomic E-state index is 11.9. The minimum atomic E-state index is -0.888. The van der Waals surface area contributed by atoms with Crippen LogP contribution in [0.4, 0.5) is 0 Å². The van der Waals surface area contributed by atoms with Gasteiger partial charge >= 0.3 is 5.97 Å². The molecule has 1 atom stereocenters. The predicted octanol–water partition coefficient (Wildman–Crippen LogP) is 1.09. The molecule has 24 heavy (non-hydrogen) atoms. The summed E-state index contributed by atoms with van der Waals surface area (Å²) in [4.78, 5) is 42.3. The van der Waals surface area contributed by atoms with Gasteiger partial charge in [0.25, 0.3) is 11.5 Å². The molecule has 2 rings (SSSR count). The van der Waals surface area contributed by atoms with E-state index in [0.29, 0.717) is 23.3 Å². The maximum Gasteiger partial charge on any atom is 0.307 e. The number of hydrogen-bond donors (Lipinski definition) is 2. The zero-order chi connectivity index (χ0) is 17.5. The summed E-state index contributed by atoms with van der Waals surface area (Å²) in [6.45, 7) is 5.29. The SMILES string of the molecule is C=CCNC(=O)[C@@H](C)OC(=O)CCc1nc2ccccc2c(=O)[nH]1. The lowest BCUT2D eigenvalue weighted by molar-refractivity contribution is -0.154. The molecule has 0 saturated carbocycles. The highest BCUT2D eigenvalue weighted by Gasteiger charge is 2.17. The van der Waals surface area contributed by atoms with Gasteiger partial charge in [0, 0.05) is 13.0 Å². The van der Waals surface area contributed by atoms with E-state index in [-0.39, 0.29) is 24.3 Å². The third-order valence-electron chi connectivity index (χ3n) is 3.33. The van der Waals surface area contributed by atoms with Crippen molar-refractivity contribution in [3.63, 3.8) is 0 Å². The van der Waals surface area contributed by atoms with Crippen LogP contribution >= 0.6 is 0 Å². The molecule has 1 amide bonds. The smallest absolute Gasteiger partial charge is 0.307 e. The van der Waals surface area contributed by atoms with E-state index in [9.17, 15) is 14.4 Å². The fraction of sp³-hybridized carbons (Fsp3) is 0.294. The highest BCUT2D eigenvalue weighted by atomic mass is 16.5. The van der Waals surface area contributed by atoms with Gasteiger partial charge in [0.2, 0.25) is 0 Å². The Labute approximate surface area is 138 Å². The van der Waals surface area contributed by atoms with Crippen molar-refractivity contribution in [1.82, 2.24) is 15.3 Å². The molecule has 1 heterocycles. The quantitative estimate of drug-likeness (QED) is 0.585. The third-order valence-corrected chi connectivity index (χ3v) is 3.33. The minimum absolute atomic E-state index is 0.0142. The molecule has 0 aliphatic rings. The second-order valence-corrected chi connectivity index (χ2v) is 5.20. The predicted molar refractivity (Wildman–Crippen MR) is 89.4 cm³/mol. The van der Waals surface area contributed by atoms with Crippen LogP contribution < -0.4 is 10.9 Å². The van der Waals surface area contributed by atoms with E-state index in [1.807, 2.05) is 0 Å². The van der Waals surface area contributed by atoms with Crippen LogP contribution in [0.3, 0.4) is 0 Å². The molecule has 7 heteroatoms. The van der Waals surface area contributed by atoms with Crippen LogP contribution in [0.5, 0.6) is 0 Å². The number of H-pyrrole nitrogens is 1. The van der Waals surface area contributed by atoms with Gasteiger partial charge in [0.15, 0.2) is 6.10 Å². The molecule has 126 valence electrons. The third kappa shape index (κ3) is 4.52. The van der Waals surface area contributed by atoms with Crippen LogP contribution in [-0.4, -0.2) is 34.5 Å². The molecule has 0 bridgehead atoms. The van der Waals surface area contributed by atoms with Crippen LogP contribution in [0.1, 0.15) is 19.2 Å². The van der Waals surface area contributed by atoms with Crippen molar-refractivity contribution in [2.45, 2.75) is 25.9 Å². The molecule has 2 aromatic rings. The fourth-order valence-corrected chi connectivity index (χ4v) is 2.10. The number of aromatic nitrogens is 2. The monoisotopic (exact) mass is 329 g/mol. The zero-order valence-electron chi connectivity index (χ0n) is 13.4. The van der Waals surface area contributed by atoms with Crippen molar-refractivity contribution in [3.05, 3.63) is 53.1 Å². The van der Waals surface area contributed by atoms with Gasteiger partial charge in [0.1, 0.15) is 5.82 Å². The first-order chi connectivity index (χ1) is 11.5. The van der Waals surface area contributed by atoms with Gasteiger partial charge in [-0.3, -0.25) is 14.4 Å². The Kier molecular flexibility index (Phi) is 5.83. The first kappa shape index (κ1) is 17.4. The summed E-state index contributed by atoms with van der Waals surface area (Å²) in [5, 5.41) is 3.04. The van der Waals surface area contributed by atoms with E-state index >= 15 is 0 Å². The number of para-hydroxylation sites is 1. The number of amides is 1. The normalized spacial score (nSPS) is 11.7. The van der Waals surface area contributed by atoms with Crippen LogP contribution in [-0.2, 0) is 20.7 Å². The Morgan fingerprint density at radius 1 is 1.42 bits per heavy atom. The van der Waals surface area contributed by atoms with Gasteiger partial charge in [-0.1, -0.05) is 18.2 Å². The second-order valence-electron chi connectivity index (χ2n) is 5.20. The van der Waals surface area contributed by atoms with Crippen molar-refractivity contribution >= 4 is 22.8 Å². The Bertz CT molecular complexity index is 813. The van der Waals surface area contributed by atoms with Crippen molar-refractivity contribution in [2.75, 3.05) is 6.54 Å². The number of nitrogens with zero attached hydrogens (tertiary/aromatic N) is 1. The van der Waals surface area contributed by atoms with E-state index < -0.39 is 12.1 Å². The van der Waals surface area contributed by atoms with Gasteiger partial charge in [-0.15, -0.1) is 6.58 Å². The summed E-state index contributed by atoms with van der Waals surface area (Å²) in [5.41, 5.74) is 0.322. The molecule has 0 spiro atoms. The summed E-state index contributed by atoms with van der Waals surface area (Å²) in [5.74, 6) is -0.521. The summed E-state index contributed by atoms with van der Waals surface area (Å²) in [7, 11) is 0. The fourth-order valence-electron chi connectivity index (χ4n) is 2.10. The van der Waals surface area contributed by atoms with Crippen molar-refractivity contribution in [2.24, 2.45) is 0 Å². The number of rotatable bonds is 7. The van der Waals surface area contributed by atoms with Crippen LogP contribution in [0.15, 0.2) is 41.7 Å². The van der Waals surface area contributed by atoms with Crippen LogP contribution in [0.2, 0.25) is 0 Å². The summed E-state index contributed by atoms with van der Waals surface area (Å²) >= 11 is 0. The lowest BCUT2D eigenvalue weighted by atomic mass is 10.2. The van der Waals surface area contributed by atoms with E-state index in [0.717, 1.165) is 0 Å². The lowest BCUT2D eigenvalue weighted by Crippen LogP contribution is -2.35. The number of esters is 1. The molecule has 0 radical (unpaired) electrons. The molecule has 1 aromatic carbocycles. The molecular weight excluding hydrogens is 310 g/mol. The molecule has 7 nitrogen and oxygen atoms in total. The van der Waals surface area contributed by atoms with E-state index in [1.54, 1.807) is 24.3 Å². The molecule has 0 unspecified atom stereocenters. The van der Waals surface area contributed by atoms with Crippen molar-refractivity contribution < 1.29 is 14.3 Å². The Morgan fingerprint density at radius 2 is 2.17 bits per heavy atom. The molecule has 0 aliphatic carbocycles. The number of carbonyl (C=O) groups excluding carboxylic acids is 2. The number of aromatic amines is 1. The molecule has 1 aromatic heterocycles. The van der Waals surface area contributed by atoms with Crippen molar-refractivity contribution in [1.29, 1.82) is 0 Å². The first-order valence-electron chi connectivity index (χ1n) is 7.57. The topological polar surface area (TPSA) is 101 Å². The summed E-state index contributed by atoms with van der Waals surface area (Å²) in [6.07, 6.45) is 0.884. The number of fused-ring (bicyclic) bond motifs is 1. The average molecular weight is 329 g/mol.